The second-order valence-electron chi connectivity index (χ2n) is 7.89. The lowest BCUT2D eigenvalue weighted by atomic mass is 9.84. The number of aromatic nitrogens is 2. The summed E-state index contributed by atoms with van der Waals surface area (Å²) < 4.78 is 20.0. The van der Waals surface area contributed by atoms with Gasteiger partial charge in [0.05, 0.1) is 24.8 Å². The van der Waals surface area contributed by atoms with Crippen molar-refractivity contribution in [1.82, 2.24) is 9.97 Å². The predicted octanol–water partition coefficient (Wildman–Crippen LogP) is 5.08. The third kappa shape index (κ3) is 3.41. The molecule has 0 radical (unpaired) electrons. The van der Waals surface area contributed by atoms with Crippen LogP contribution in [0.2, 0.25) is 0 Å². The van der Waals surface area contributed by atoms with Crippen LogP contribution in [0.4, 0.5) is 10.2 Å². The molecule has 0 bridgehead atoms. The van der Waals surface area contributed by atoms with Gasteiger partial charge in [-0.05, 0) is 43.0 Å². The van der Waals surface area contributed by atoms with Crippen LogP contribution < -0.4 is 9.64 Å². The third-order valence-electron chi connectivity index (χ3n) is 5.92. The summed E-state index contributed by atoms with van der Waals surface area (Å²) in [5.41, 5.74) is 1.95. The topological polar surface area (TPSA) is 38.2 Å². The van der Waals surface area contributed by atoms with Crippen molar-refractivity contribution in [3.63, 3.8) is 0 Å². The molecule has 0 amide bonds. The van der Waals surface area contributed by atoms with Gasteiger partial charge in [0, 0.05) is 10.9 Å². The van der Waals surface area contributed by atoms with Crippen LogP contribution >= 0.6 is 0 Å². The smallest absolute Gasteiger partial charge is 0.217 e. The number of para-hydroxylation sites is 1. The van der Waals surface area contributed by atoms with Crippen molar-refractivity contribution in [1.29, 1.82) is 0 Å². The van der Waals surface area contributed by atoms with Crippen LogP contribution in [0.15, 0.2) is 48.7 Å². The average molecular weight is 377 g/mol. The van der Waals surface area contributed by atoms with Gasteiger partial charge in [0.1, 0.15) is 17.7 Å². The molecule has 3 aromatic rings. The van der Waals surface area contributed by atoms with Crippen molar-refractivity contribution < 1.29 is 9.13 Å². The van der Waals surface area contributed by atoms with Gasteiger partial charge >= 0.3 is 0 Å². The molecule has 5 rings (SSSR count). The molecule has 2 aromatic heterocycles. The predicted molar refractivity (Wildman–Crippen MR) is 108 cm³/mol. The van der Waals surface area contributed by atoms with E-state index in [9.17, 15) is 4.39 Å². The summed E-state index contributed by atoms with van der Waals surface area (Å²) in [6.07, 6.45) is 7.19. The largest absolute Gasteiger partial charge is 0.470 e. The number of nitrogens with zero attached hydrogens (tertiary/aromatic N) is 3. The first-order valence-electron chi connectivity index (χ1n) is 10.2. The molecule has 5 heteroatoms. The highest BCUT2D eigenvalue weighted by Gasteiger charge is 2.31. The van der Waals surface area contributed by atoms with Gasteiger partial charge in [-0.25, -0.2) is 14.4 Å². The Morgan fingerprint density at radius 1 is 1.00 bits per heavy atom. The summed E-state index contributed by atoms with van der Waals surface area (Å²) in [5, 5.41) is 1.15. The Morgan fingerprint density at radius 3 is 2.68 bits per heavy atom. The molecule has 4 nitrogen and oxygen atoms in total. The highest BCUT2D eigenvalue weighted by molar-refractivity contribution is 5.80. The second-order valence-corrected chi connectivity index (χ2v) is 7.89. The summed E-state index contributed by atoms with van der Waals surface area (Å²) in [6, 6.07) is 13.9. The number of ether oxygens (including phenoxy) is 1. The Balaban J connectivity index is 1.28. The highest BCUT2D eigenvalue weighted by atomic mass is 19.1. The van der Waals surface area contributed by atoms with E-state index in [1.807, 2.05) is 18.2 Å². The van der Waals surface area contributed by atoms with Gasteiger partial charge in [-0.2, -0.15) is 0 Å². The molecule has 0 spiro atoms. The van der Waals surface area contributed by atoms with Crippen LogP contribution in [0.25, 0.3) is 10.9 Å². The Bertz CT molecular complexity index is 980. The highest BCUT2D eigenvalue weighted by Crippen LogP contribution is 2.37. The van der Waals surface area contributed by atoms with Crippen LogP contribution in [0.5, 0.6) is 5.88 Å². The summed E-state index contributed by atoms with van der Waals surface area (Å²) in [5.74, 6) is 1.68. The number of benzene rings is 1. The molecule has 2 aliphatic rings. The van der Waals surface area contributed by atoms with Crippen molar-refractivity contribution in [2.24, 2.45) is 0 Å². The average Bonchev–Trinajstić information content (AvgIpc) is 2.71. The molecular weight excluding hydrogens is 353 g/mol. The molecular formula is C23H24FN3O. The van der Waals surface area contributed by atoms with E-state index in [0.29, 0.717) is 11.8 Å². The summed E-state index contributed by atoms with van der Waals surface area (Å²) >= 11 is 0. The number of anilines is 1. The maximum absolute atomic E-state index is 13.8. The number of halogens is 1. The van der Waals surface area contributed by atoms with Crippen molar-refractivity contribution in [3.8, 4) is 5.88 Å². The number of rotatable bonds is 4. The normalized spacial score (nSPS) is 18.2. The fraction of sp³-hybridized carbons (Fsp3) is 0.391. The molecule has 1 aliphatic carbocycles. The zero-order chi connectivity index (χ0) is 18.9. The Kier molecular flexibility index (Phi) is 4.59. The van der Waals surface area contributed by atoms with Crippen LogP contribution in [-0.2, 0) is 0 Å². The molecule has 2 fully saturated rings. The minimum atomic E-state index is -0.275. The van der Waals surface area contributed by atoms with Crippen molar-refractivity contribution in [2.75, 3.05) is 18.0 Å². The van der Waals surface area contributed by atoms with E-state index in [2.05, 4.69) is 28.1 Å². The Morgan fingerprint density at radius 2 is 1.82 bits per heavy atom. The van der Waals surface area contributed by atoms with Crippen LogP contribution in [0.1, 0.15) is 43.6 Å². The fourth-order valence-corrected chi connectivity index (χ4v) is 4.34. The maximum atomic E-state index is 13.8. The van der Waals surface area contributed by atoms with Gasteiger partial charge in [0.2, 0.25) is 5.88 Å². The van der Waals surface area contributed by atoms with Crippen LogP contribution in [-0.4, -0.2) is 29.2 Å². The SMILES string of the molecule is Fc1cnc(OC2CN(c3ccc4ccccc4n3)C2)c(C2CCCCC2)c1. The summed E-state index contributed by atoms with van der Waals surface area (Å²) in [7, 11) is 0. The lowest BCUT2D eigenvalue weighted by molar-refractivity contribution is 0.156. The van der Waals surface area contributed by atoms with E-state index in [-0.39, 0.29) is 11.9 Å². The third-order valence-corrected chi connectivity index (χ3v) is 5.92. The molecule has 3 heterocycles. The number of hydrogen-bond donors (Lipinski definition) is 0. The molecule has 28 heavy (non-hydrogen) atoms. The monoisotopic (exact) mass is 377 g/mol. The van der Waals surface area contributed by atoms with E-state index in [1.54, 1.807) is 6.07 Å². The zero-order valence-electron chi connectivity index (χ0n) is 15.9. The maximum Gasteiger partial charge on any atom is 0.217 e. The van der Waals surface area contributed by atoms with Crippen LogP contribution in [0.3, 0.4) is 0 Å². The molecule has 144 valence electrons. The quantitative estimate of drug-likeness (QED) is 0.635. The fourth-order valence-electron chi connectivity index (χ4n) is 4.34. The minimum Gasteiger partial charge on any atom is -0.470 e. The Labute approximate surface area is 164 Å². The first kappa shape index (κ1) is 17.4. The van der Waals surface area contributed by atoms with Gasteiger partial charge in [-0.1, -0.05) is 37.5 Å². The van der Waals surface area contributed by atoms with Gasteiger partial charge in [0.15, 0.2) is 0 Å². The van der Waals surface area contributed by atoms with Crippen molar-refractivity contribution >= 4 is 16.7 Å². The van der Waals surface area contributed by atoms with Gasteiger partial charge in [-0.15, -0.1) is 0 Å². The molecule has 0 N–H and O–H groups in total. The standard InChI is InChI=1S/C23H24FN3O/c24-18-12-20(16-6-2-1-3-7-16)23(25-13-18)28-19-14-27(15-19)22-11-10-17-8-4-5-9-21(17)26-22/h4-5,8-13,16,19H,1-3,6-7,14-15H2. The molecule has 1 saturated heterocycles. The lowest BCUT2D eigenvalue weighted by Gasteiger charge is -2.40. The van der Waals surface area contributed by atoms with E-state index in [0.717, 1.165) is 48.2 Å². The zero-order valence-corrected chi connectivity index (χ0v) is 15.9. The molecule has 0 unspecified atom stereocenters. The lowest BCUT2D eigenvalue weighted by Crippen LogP contribution is -2.54. The molecule has 1 aromatic carbocycles. The number of fused-ring (bicyclic) bond motifs is 1. The van der Waals surface area contributed by atoms with Gasteiger partial charge in [0.25, 0.3) is 0 Å². The van der Waals surface area contributed by atoms with E-state index >= 15 is 0 Å². The van der Waals surface area contributed by atoms with E-state index in [1.165, 1.54) is 25.5 Å². The second kappa shape index (κ2) is 7.38. The summed E-state index contributed by atoms with van der Waals surface area (Å²) in [6.45, 7) is 1.54. The van der Waals surface area contributed by atoms with E-state index < -0.39 is 0 Å². The van der Waals surface area contributed by atoms with Gasteiger partial charge < -0.3 is 9.64 Å². The van der Waals surface area contributed by atoms with Gasteiger partial charge in [-0.3, -0.25) is 0 Å². The van der Waals surface area contributed by atoms with Crippen LogP contribution in [0, 0.1) is 5.82 Å². The first-order valence-corrected chi connectivity index (χ1v) is 10.2. The Hall–Kier alpha value is -2.69. The molecule has 0 atom stereocenters. The molecule has 1 saturated carbocycles. The summed E-state index contributed by atoms with van der Waals surface area (Å²) in [4.78, 5) is 11.2. The minimum absolute atomic E-state index is 0.0635. The first-order chi connectivity index (χ1) is 13.8. The molecule has 1 aliphatic heterocycles. The number of pyridine rings is 2. The van der Waals surface area contributed by atoms with Crippen molar-refractivity contribution in [3.05, 3.63) is 60.0 Å². The van der Waals surface area contributed by atoms with Crippen molar-refractivity contribution in [2.45, 2.75) is 44.1 Å². The number of hydrogen-bond acceptors (Lipinski definition) is 4. The van der Waals surface area contributed by atoms with E-state index in [4.69, 9.17) is 9.72 Å².